The van der Waals surface area contributed by atoms with Crippen molar-refractivity contribution in [2.45, 2.75) is 19.9 Å². The van der Waals surface area contributed by atoms with Crippen molar-refractivity contribution in [3.8, 4) is 0 Å². The number of nitrogens with zero attached hydrogens (tertiary/aromatic N) is 3. The summed E-state index contributed by atoms with van der Waals surface area (Å²) in [5, 5.41) is 6.94. The molecule has 7 nitrogen and oxygen atoms in total. The Morgan fingerprint density at radius 3 is 3.05 bits per heavy atom. The third-order valence-corrected chi connectivity index (χ3v) is 2.85. The summed E-state index contributed by atoms with van der Waals surface area (Å²) in [5.74, 6) is 5.22. The molecule has 2 rings (SSSR count). The number of aromatic nitrogens is 3. The van der Waals surface area contributed by atoms with Crippen molar-refractivity contribution in [3.63, 3.8) is 0 Å². The van der Waals surface area contributed by atoms with Gasteiger partial charge in [0.1, 0.15) is 0 Å². The quantitative estimate of drug-likeness (QED) is 0.409. The van der Waals surface area contributed by atoms with E-state index in [1.165, 1.54) is 6.20 Å². The standard InChI is InChI=1S/C13H18N6O/c1-10-8-12(18-14)11(9-16-10)13(20)15-4-2-6-19-7-3-5-17-19/h3,5,7-9H,2,4,6,14H2,1H3,(H,15,20)(H,16,18). The molecule has 0 fully saturated rings. The van der Waals surface area contributed by atoms with Crippen molar-refractivity contribution in [2.24, 2.45) is 5.84 Å². The summed E-state index contributed by atoms with van der Waals surface area (Å²) < 4.78 is 1.83. The predicted molar refractivity (Wildman–Crippen MR) is 76.0 cm³/mol. The summed E-state index contributed by atoms with van der Waals surface area (Å²) in [6.45, 7) is 3.17. The number of rotatable bonds is 6. The summed E-state index contributed by atoms with van der Waals surface area (Å²) in [7, 11) is 0. The fraction of sp³-hybridized carbons (Fsp3) is 0.308. The molecule has 2 aromatic rings. The number of aryl methyl sites for hydroxylation is 2. The molecule has 0 unspecified atom stereocenters. The maximum atomic E-state index is 12.0. The zero-order valence-electron chi connectivity index (χ0n) is 11.3. The van der Waals surface area contributed by atoms with Crippen LogP contribution in [0.3, 0.4) is 0 Å². The van der Waals surface area contributed by atoms with Crippen LogP contribution in [-0.2, 0) is 6.54 Å². The summed E-state index contributed by atoms with van der Waals surface area (Å²) in [4.78, 5) is 16.1. The van der Waals surface area contributed by atoms with Gasteiger partial charge in [0.2, 0.25) is 0 Å². The fourth-order valence-electron chi connectivity index (χ4n) is 1.83. The second-order valence-corrected chi connectivity index (χ2v) is 4.39. The van der Waals surface area contributed by atoms with Crippen LogP contribution in [0.25, 0.3) is 0 Å². The van der Waals surface area contributed by atoms with Gasteiger partial charge in [-0.15, -0.1) is 0 Å². The number of hydrogen-bond acceptors (Lipinski definition) is 5. The second kappa shape index (κ2) is 6.67. The molecule has 0 saturated heterocycles. The first-order valence-corrected chi connectivity index (χ1v) is 6.39. The van der Waals surface area contributed by atoms with Crippen LogP contribution < -0.4 is 16.6 Å². The Labute approximate surface area is 117 Å². The molecule has 20 heavy (non-hydrogen) atoms. The Bertz CT molecular complexity index is 566. The van der Waals surface area contributed by atoms with Gasteiger partial charge in [-0.2, -0.15) is 5.10 Å². The van der Waals surface area contributed by atoms with E-state index in [1.54, 1.807) is 12.3 Å². The monoisotopic (exact) mass is 274 g/mol. The van der Waals surface area contributed by atoms with Gasteiger partial charge < -0.3 is 10.7 Å². The smallest absolute Gasteiger partial charge is 0.255 e. The molecule has 2 heterocycles. The summed E-state index contributed by atoms with van der Waals surface area (Å²) in [6, 6.07) is 3.61. The first-order chi connectivity index (χ1) is 9.70. The number of nitrogen functional groups attached to an aromatic ring is 1. The van der Waals surface area contributed by atoms with E-state index >= 15 is 0 Å². The van der Waals surface area contributed by atoms with Crippen LogP contribution in [0.4, 0.5) is 5.69 Å². The molecule has 0 aliphatic carbocycles. The SMILES string of the molecule is Cc1cc(NN)c(C(=O)NCCCn2cccn2)cn1. The lowest BCUT2D eigenvalue weighted by Gasteiger charge is -2.10. The molecule has 0 spiro atoms. The van der Waals surface area contributed by atoms with Crippen molar-refractivity contribution < 1.29 is 4.79 Å². The predicted octanol–water partition coefficient (Wildman–Crippen LogP) is 0.692. The minimum Gasteiger partial charge on any atom is -0.352 e. The Kier molecular flexibility index (Phi) is 4.67. The highest BCUT2D eigenvalue weighted by molar-refractivity contribution is 5.99. The minimum absolute atomic E-state index is 0.189. The third kappa shape index (κ3) is 3.55. The lowest BCUT2D eigenvalue weighted by molar-refractivity contribution is 0.0953. The lowest BCUT2D eigenvalue weighted by Crippen LogP contribution is -2.27. The maximum absolute atomic E-state index is 12.0. The topological polar surface area (TPSA) is 97.9 Å². The number of hydrazine groups is 1. The fourth-order valence-corrected chi connectivity index (χ4v) is 1.83. The molecular formula is C13H18N6O. The molecule has 106 valence electrons. The third-order valence-electron chi connectivity index (χ3n) is 2.85. The van der Waals surface area contributed by atoms with Crippen LogP contribution in [0, 0.1) is 6.92 Å². The maximum Gasteiger partial charge on any atom is 0.255 e. The average molecular weight is 274 g/mol. The molecule has 7 heteroatoms. The van der Waals surface area contributed by atoms with Gasteiger partial charge >= 0.3 is 0 Å². The van der Waals surface area contributed by atoms with Gasteiger partial charge in [0.25, 0.3) is 5.91 Å². The van der Waals surface area contributed by atoms with E-state index in [0.29, 0.717) is 17.8 Å². The summed E-state index contributed by atoms with van der Waals surface area (Å²) in [6.07, 6.45) is 5.95. The molecule has 0 saturated carbocycles. The van der Waals surface area contributed by atoms with Gasteiger partial charge in [0, 0.05) is 37.4 Å². The summed E-state index contributed by atoms with van der Waals surface area (Å²) in [5.41, 5.74) is 4.33. The number of carbonyl (C=O) groups is 1. The molecule has 0 radical (unpaired) electrons. The molecule has 0 aliphatic rings. The second-order valence-electron chi connectivity index (χ2n) is 4.39. The molecule has 0 aromatic carbocycles. The van der Waals surface area contributed by atoms with Crippen LogP contribution in [0.1, 0.15) is 22.5 Å². The van der Waals surface area contributed by atoms with Gasteiger partial charge in [0.15, 0.2) is 0 Å². The van der Waals surface area contributed by atoms with E-state index in [1.807, 2.05) is 23.9 Å². The van der Waals surface area contributed by atoms with Crippen molar-refractivity contribution in [1.29, 1.82) is 0 Å². The zero-order valence-corrected chi connectivity index (χ0v) is 11.3. The molecule has 2 aromatic heterocycles. The van der Waals surface area contributed by atoms with Gasteiger partial charge in [-0.3, -0.25) is 20.3 Å². The highest BCUT2D eigenvalue weighted by atomic mass is 16.1. The number of pyridine rings is 1. The largest absolute Gasteiger partial charge is 0.352 e. The van der Waals surface area contributed by atoms with Crippen molar-refractivity contribution in [3.05, 3.63) is 42.0 Å². The van der Waals surface area contributed by atoms with E-state index in [0.717, 1.165) is 18.7 Å². The highest BCUT2D eigenvalue weighted by Gasteiger charge is 2.11. The molecule has 0 bridgehead atoms. The highest BCUT2D eigenvalue weighted by Crippen LogP contribution is 2.13. The van der Waals surface area contributed by atoms with Gasteiger partial charge in [0.05, 0.1) is 11.3 Å². The van der Waals surface area contributed by atoms with Crippen LogP contribution in [0.15, 0.2) is 30.7 Å². The molecule has 1 amide bonds. The molecule has 4 N–H and O–H groups in total. The van der Waals surface area contributed by atoms with Crippen LogP contribution in [0.5, 0.6) is 0 Å². The number of hydrogen-bond donors (Lipinski definition) is 3. The Balaban J connectivity index is 1.85. The van der Waals surface area contributed by atoms with Crippen molar-refractivity contribution >= 4 is 11.6 Å². The Morgan fingerprint density at radius 1 is 1.50 bits per heavy atom. The average Bonchev–Trinajstić information content (AvgIpc) is 2.96. The van der Waals surface area contributed by atoms with Gasteiger partial charge in [-0.05, 0) is 25.5 Å². The van der Waals surface area contributed by atoms with Gasteiger partial charge in [-0.1, -0.05) is 0 Å². The molecule has 0 aliphatic heterocycles. The molecule has 0 atom stereocenters. The van der Waals surface area contributed by atoms with Crippen molar-refractivity contribution in [1.82, 2.24) is 20.1 Å². The Hall–Kier alpha value is -2.41. The zero-order chi connectivity index (χ0) is 14.4. The summed E-state index contributed by atoms with van der Waals surface area (Å²) >= 11 is 0. The van der Waals surface area contributed by atoms with E-state index in [9.17, 15) is 4.79 Å². The normalized spacial score (nSPS) is 10.3. The van der Waals surface area contributed by atoms with Crippen LogP contribution in [-0.4, -0.2) is 27.2 Å². The number of nitrogens with two attached hydrogens (primary N) is 1. The van der Waals surface area contributed by atoms with Crippen molar-refractivity contribution in [2.75, 3.05) is 12.0 Å². The molecular weight excluding hydrogens is 256 g/mol. The number of nitrogens with one attached hydrogen (secondary N) is 2. The van der Waals surface area contributed by atoms with E-state index in [-0.39, 0.29) is 5.91 Å². The minimum atomic E-state index is -0.189. The van der Waals surface area contributed by atoms with E-state index in [2.05, 4.69) is 20.8 Å². The van der Waals surface area contributed by atoms with E-state index < -0.39 is 0 Å². The number of carbonyl (C=O) groups excluding carboxylic acids is 1. The van der Waals surface area contributed by atoms with Crippen LogP contribution in [0.2, 0.25) is 0 Å². The number of amides is 1. The Morgan fingerprint density at radius 2 is 2.35 bits per heavy atom. The first-order valence-electron chi connectivity index (χ1n) is 6.39. The van der Waals surface area contributed by atoms with Gasteiger partial charge in [-0.25, -0.2) is 0 Å². The number of anilines is 1. The van der Waals surface area contributed by atoms with Crippen LogP contribution >= 0.6 is 0 Å². The van der Waals surface area contributed by atoms with E-state index in [4.69, 9.17) is 5.84 Å². The lowest BCUT2D eigenvalue weighted by atomic mass is 10.2. The first kappa shape index (κ1) is 14.0.